The van der Waals surface area contributed by atoms with Crippen LogP contribution in [0.3, 0.4) is 0 Å². The molecule has 23 heavy (non-hydrogen) atoms. The summed E-state index contributed by atoms with van der Waals surface area (Å²) in [6.45, 7) is 7.46. The Morgan fingerprint density at radius 3 is 2.61 bits per heavy atom. The number of hydrogen-bond acceptors (Lipinski definition) is 4. The molecule has 2 rings (SSSR count). The maximum absolute atomic E-state index is 12.8. The van der Waals surface area contributed by atoms with Gasteiger partial charge in [0.2, 0.25) is 5.91 Å². The fraction of sp³-hybridized carbons (Fsp3) is 0.471. The van der Waals surface area contributed by atoms with Crippen molar-refractivity contribution in [2.75, 3.05) is 13.1 Å². The van der Waals surface area contributed by atoms with Gasteiger partial charge in [-0.25, -0.2) is 9.98 Å². The minimum atomic E-state index is -0.00167. The second kappa shape index (κ2) is 7.59. The number of pyridine rings is 1. The maximum Gasteiger partial charge on any atom is 0.250 e. The highest BCUT2D eigenvalue weighted by molar-refractivity contribution is 6.30. The van der Waals surface area contributed by atoms with Crippen LogP contribution in [0, 0.1) is 6.92 Å². The van der Waals surface area contributed by atoms with E-state index < -0.39 is 0 Å². The average Bonchev–Trinajstić information content (AvgIpc) is 2.65. The zero-order valence-electron chi connectivity index (χ0n) is 13.9. The van der Waals surface area contributed by atoms with Gasteiger partial charge >= 0.3 is 0 Å². The Morgan fingerprint density at radius 1 is 1.35 bits per heavy atom. The smallest absolute Gasteiger partial charge is 0.250 e. The van der Waals surface area contributed by atoms with Crippen LogP contribution in [-0.2, 0) is 4.79 Å². The van der Waals surface area contributed by atoms with E-state index in [1.807, 2.05) is 17.9 Å². The lowest BCUT2D eigenvalue weighted by Crippen LogP contribution is -2.34. The van der Waals surface area contributed by atoms with Crippen LogP contribution < -0.4 is 5.73 Å². The third-order valence-electron chi connectivity index (χ3n) is 3.66. The van der Waals surface area contributed by atoms with Gasteiger partial charge < -0.3 is 10.6 Å². The highest BCUT2D eigenvalue weighted by Crippen LogP contribution is 2.29. The van der Waals surface area contributed by atoms with Crippen molar-refractivity contribution in [2.24, 2.45) is 10.7 Å². The molecule has 0 fully saturated rings. The zero-order chi connectivity index (χ0) is 17.0. The van der Waals surface area contributed by atoms with E-state index in [1.54, 1.807) is 6.08 Å². The first-order valence-electron chi connectivity index (χ1n) is 7.96. The topological polar surface area (TPSA) is 71.6 Å². The van der Waals surface area contributed by atoms with Crippen molar-refractivity contribution in [3.63, 3.8) is 0 Å². The summed E-state index contributed by atoms with van der Waals surface area (Å²) in [7, 11) is 0. The van der Waals surface area contributed by atoms with E-state index in [4.69, 9.17) is 17.3 Å². The monoisotopic (exact) mass is 334 g/mol. The van der Waals surface area contributed by atoms with Crippen molar-refractivity contribution in [1.82, 2.24) is 9.88 Å². The van der Waals surface area contributed by atoms with Gasteiger partial charge in [0.15, 0.2) is 0 Å². The summed E-state index contributed by atoms with van der Waals surface area (Å²) >= 11 is 6.11. The van der Waals surface area contributed by atoms with E-state index in [0.717, 1.165) is 31.5 Å². The molecule has 2 heterocycles. The highest BCUT2D eigenvalue weighted by Gasteiger charge is 2.21. The highest BCUT2D eigenvalue weighted by atomic mass is 35.5. The van der Waals surface area contributed by atoms with Crippen LogP contribution in [0.1, 0.15) is 44.4 Å². The van der Waals surface area contributed by atoms with E-state index in [9.17, 15) is 4.79 Å². The number of aryl methyl sites for hydroxylation is 1. The average molecular weight is 335 g/mol. The Hall–Kier alpha value is -1.88. The number of fused-ring (bicyclic) bond motifs is 1. The van der Waals surface area contributed by atoms with Gasteiger partial charge in [0.05, 0.1) is 11.4 Å². The quantitative estimate of drug-likeness (QED) is 0.838. The largest absolute Gasteiger partial charge is 0.387 e. The molecule has 0 saturated carbocycles. The molecule has 0 radical (unpaired) electrons. The molecular formula is C17H23ClN4O. The first kappa shape index (κ1) is 17.5. The molecule has 0 saturated heterocycles. The number of amides is 1. The van der Waals surface area contributed by atoms with Gasteiger partial charge in [-0.1, -0.05) is 25.4 Å². The van der Waals surface area contributed by atoms with Gasteiger partial charge in [-0.2, -0.15) is 0 Å². The zero-order valence-corrected chi connectivity index (χ0v) is 14.7. The number of halogens is 1. The van der Waals surface area contributed by atoms with Gasteiger partial charge in [-0.15, -0.1) is 0 Å². The van der Waals surface area contributed by atoms with Gasteiger partial charge in [0.25, 0.3) is 0 Å². The number of carbonyl (C=O) groups is 1. The molecule has 1 amide bonds. The molecule has 0 bridgehead atoms. The third kappa shape index (κ3) is 4.10. The lowest BCUT2D eigenvalue weighted by atomic mass is 10.1. The number of aliphatic imine (C=N–C) groups is 1. The molecule has 2 N–H and O–H groups in total. The molecular weight excluding hydrogens is 312 g/mol. The predicted molar refractivity (Wildman–Crippen MR) is 95.0 cm³/mol. The van der Waals surface area contributed by atoms with Gasteiger partial charge in [-0.3, -0.25) is 4.79 Å². The summed E-state index contributed by atoms with van der Waals surface area (Å²) < 4.78 is 0. The summed E-state index contributed by atoms with van der Waals surface area (Å²) in [5.74, 6) is 0.415. The number of nitrogens with two attached hydrogens (primary N) is 1. The standard InChI is InChI=1S/C17H23ClN4O/c1-4-6-22(7-5-2)17(23)12-9-14-13(20-15(19)10-12)8-11(3)16(18)21-14/h8-9H,4-7,10H2,1-3H3,(H2,19,20). The molecule has 0 unspecified atom stereocenters. The fourth-order valence-electron chi connectivity index (χ4n) is 2.59. The number of aromatic nitrogens is 1. The number of rotatable bonds is 5. The molecule has 1 aromatic heterocycles. The number of hydrogen-bond donors (Lipinski definition) is 1. The lowest BCUT2D eigenvalue weighted by Gasteiger charge is -2.22. The van der Waals surface area contributed by atoms with Crippen LogP contribution in [0.5, 0.6) is 0 Å². The van der Waals surface area contributed by atoms with E-state index in [1.165, 1.54) is 0 Å². The van der Waals surface area contributed by atoms with E-state index in [0.29, 0.717) is 34.4 Å². The summed E-state index contributed by atoms with van der Waals surface area (Å²) in [4.78, 5) is 23.4. The van der Waals surface area contributed by atoms with Crippen LogP contribution >= 0.6 is 11.6 Å². The van der Waals surface area contributed by atoms with Crippen LogP contribution in [-0.4, -0.2) is 34.7 Å². The second-order valence-electron chi connectivity index (χ2n) is 5.74. The Balaban J connectivity index is 2.42. The minimum absolute atomic E-state index is 0.00167. The molecule has 1 aromatic rings. The SMILES string of the molecule is CCCN(CCC)C(=O)C1=Cc2nc(Cl)c(C)cc2N=C(N)C1. The molecule has 1 aliphatic rings. The molecule has 5 nitrogen and oxygen atoms in total. The van der Waals surface area contributed by atoms with Gasteiger partial charge in [0.1, 0.15) is 11.0 Å². The minimum Gasteiger partial charge on any atom is -0.387 e. The Kier molecular flexibility index (Phi) is 5.77. The van der Waals surface area contributed by atoms with Crippen LogP contribution in [0.25, 0.3) is 6.08 Å². The van der Waals surface area contributed by atoms with Gasteiger partial charge in [-0.05, 0) is 37.5 Å². The van der Waals surface area contributed by atoms with Crippen LogP contribution in [0.2, 0.25) is 5.15 Å². The van der Waals surface area contributed by atoms with Crippen LogP contribution in [0.4, 0.5) is 5.69 Å². The first-order chi connectivity index (χ1) is 11.0. The molecule has 1 aliphatic heterocycles. The third-order valence-corrected chi connectivity index (χ3v) is 4.04. The van der Waals surface area contributed by atoms with Crippen molar-refractivity contribution < 1.29 is 4.79 Å². The predicted octanol–water partition coefficient (Wildman–Crippen LogP) is 3.47. The van der Waals surface area contributed by atoms with Crippen molar-refractivity contribution in [1.29, 1.82) is 0 Å². The Bertz CT molecular complexity index is 661. The lowest BCUT2D eigenvalue weighted by molar-refractivity contribution is -0.127. The van der Waals surface area contributed by atoms with Gasteiger partial charge in [0, 0.05) is 25.1 Å². The Labute approximate surface area is 142 Å². The molecule has 0 atom stereocenters. The molecule has 0 spiro atoms. The van der Waals surface area contributed by atoms with Crippen molar-refractivity contribution in [3.05, 3.63) is 28.0 Å². The number of amidine groups is 1. The molecule has 0 aromatic carbocycles. The summed E-state index contributed by atoms with van der Waals surface area (Å²) in [5.41, 5.74) is 8.69. The summed E-state index contributed by atoms with van der Waals surface area (Å²) in [5, 5.41) is 0.418. The van der Waals surface area contributed by atoms with Crippen molar-refractivity contribution >= 4 is 35.1 Å². The first-order valence-corrected chi connectivity index (χ1v) is 8.34. The van der Waals surface area contributed by atoms with Crippen LogP contribution in [0.15, 0.2) is 16.6 Å². The van der Waals surface area contributed by atoms with E-state index in [-0.39, 0.29) is 5.91 Å². The van der Waals surface area contributed by atoms with E-state index >= 15 is 0 Å². The van der Waals surface area contributed by atoms with Crippen molar-refractivity contribution in [3.8, 4) is 0 Å². The van der Waals surface area contributed by atoms with Crippen molar-refractivity contribution in [2.45, 2.75) is 40.0 Å². The fourth-order valence-corrected chi connectivity index (χ4v) is 2.73. The molecule has 0 aliphatic carbocycles. The van der Waals surface area contributed by atoms with E-state index in [2.05, 4.69) is 23.8 Å². The summed E-state index contributed by atoms with van der Waals surface area (Å²) in [6, 6.07) is 1.84. The number of carbonyl (C=O) groups excluding carboxylic acids is 1. The Morgan fingerprint density at radius 2 is 2.00 bits per heavy atom. The second-order valence-corrected chi connectivity index (χ2v) is 6.10. The molecule has 124 valence electrons. The molecule has 6 heteroatoms. The normalized spacial score (nSPS) is 13.7. The number of nitrogens with zero attached hydrogens (tertiary/aromatic N) is 3. The maximum atomic E-state index is 12.8. The summed E-state index contributed by atoms with van der Waals surface area (Å²) in [6.07, 6.45) is 3.94.